The monoisotopic (exact) mass is 896 g/mol. The van der Waals surface area contributed by atoms with Gasteiger partial charge >= 0.3 is 0 Å². The Kier molecular flexibility index (Phi) is 9.79. The molecule has 5 N–H and O–H groups in total. The number of amides is 1. The number of nitrogens with one attached hydrogen (secondary N) is 1. The lowest BCUT2D eigenvalue weighted by atomic mass is 10.1. The Balaban J connectivity index is 0.000000204. The Hall–Kier alpha value is -6.44. The Morgan fingerprint density at radius 1 is 0.768 bits per heavy atom. The minimum atomic E-state index is -0.253. The molecule has 0 radical (unpaired) electrons. The molecule has 0 aliphatic carbocycles. The average Bonchev–Trinajstić information content (AvgIpc) is 3.87. The summed E-state index contributed by atoms with van der Waals surface area (Å²) in [6.07, 6.45) is 6.00. The van der Waals surface area contributed by atoms with Gasteiger partial charge in [-0.05, 0) is 59.0 Å². The minimum Gasteiger partial charge on any atom is -0.495 e. The maximum atomic E-state index is 13.2. The number of carbonyl (C=O) groups is 1. The molecule has 0 aliphatic rings. The Bertz CT molecular complexity index is 2960. The van der Waals surface area contributed by atoms with E-state index in [-0.39, 0.29) is 11.7 Å². The predicted octanol–water partition coefficient (Wildman–Crippen LogP) is 6.92. The van der Waals surface area contributed by atoms with Crippen molar-refractivity contribution in [2.45, 2.75) is 0 Å². The van der Waals surface area contributed by atoms with Crippen molar-refractivity contribution >= 4 is 102 Å². The van der Waals surface area contributed by atoms with E-state index < -0.39 is 0 Å². The first-order valence-electron chi connectivity index (χ1n) is 16.5. The van der Waals surface area contributed by atoms with Gasteiger partial charge in [0.1, 0.15) is 55.4 Å². The van der Waals surface area contributed by atoms with Crippen molar-refractivity contribution in [2.24, 2.45) is 7.05 Å². The molecule has 0 fully saturated rings. The lowest BCUT2D eigenvalue weighted by molar-refractivity contribution is 0.101. The fourth-order valence-corrected chi connectivity index (χ4v) is 7.22. The molecule has 9 aromatic rings. The number of rotatable bonds is 6. The van der Waals surface area contributed by atoms with E-state index in [0.29, 0.717) is 66.9 Å². The number of fused-ring (bicyclic) bond motifs is 3. The van der Waals surface area contributed by atoms with E-state index in [1.165, 1.54) is 12.7 Å². The molecule has 0 atom stereocenters. The van der Waals surface area contributed by atoms with E-state index in [2.05, 4.69) is 62.9 Å². The SMILES string of the molecule is COc1cc(-c2nn(-c3ccnc(Cl)c3)c3ncnc(N)c23)ccc1NC(=O)c1cc2ccccc2n1C.Nc1ncnc2c1c(I)nn2-c1ccnc(Cl)c1. The maximum absolute atomic E-state index is 13.2. The predicted molar refractivity (Wildman–Crippen MR) is 223 cm³/mol. The summed E-state index contributed by atoms with van der Waals surface area (Å²) in [6.45, 7) is 0. The van der Waals surface area contributed by atoms with Crippen LogP contribution in [0.15, 0.2) is 97.8 Å². The number of aryl methyl sites for hydroxylation is 1. The number of nitrogen functional groups attached to an aromatic ring is 2. The summed E-state index contributed by atoms with van der Waals surface area (Å²) in [5, 5.41) is 15.2. The third-order valence-corrected chi connectivity index (χ3v) is 9.93. The number of ether oxygens (including phenoxy) is 1. The fraction of sp³-hybridized carbons (Fsp3) is 0.0541. The highest BCUT2D eigenvalue weighted by molar-refractivity contribution is 14.1. The number of methoxy groups -OCH3 is 1. The van der Waals surface area contributed by atoms with Gasteiger partial charge in [0.2, 0.25) is 0 Å². The first-order valence-corrected chi connectivity index (χ1v) is 18.4. The van der Waals surface area contributed by atoms with Gasteiger partial charge in [0.05, 0.1) is 34.9 Å². The summed E-state index contributed by atoms with van der Waals surface area (Å²) in [5.41, 5.74) is 18.0. The molecule has 9 rings (SSSR count). The van der Waals surface area contributed by atoms with E-state index in [1.807, 2.05) is 48.0 Å². The second-order valence-corrected chi connectivity index (χ2v) is 13.9. The highest BCUT2D eigenvalue weighted by Crippen LogP contribution is 2.36. The summed E-state index contributed by atoms with van der Waals surface area (Å²) in [5.74, 6) is 0.899. The van der Waals surface area contributed by atoms with E-state index in [0.717, 1.165) is 25.7 Å². The third kappa shape index (κ3) is 6.75. The highest BCUT2D eigenvalue weighted by atomic mass is 127. The molecule has 0 spiro atoms. The summed E-state index contributed by atoms with van der Waals surface area (Å²) in [7, 11) is 3.40. The van der Waals surface area contributed by atoms with Crippen molar-refractivity contribution in [1.29, 1.82) is 0 Å². The number of pyridine rings is 2. The van der Waals surface area contributed by atoms with Crippen LogP contribution in [0.1, 0.15) is 10.5 Å². The van der Waals surface area contributed by atoms with E-state index in [9.17, 15) is 4.79 Å². The van der Waals surface area contributed by atoms with Gasteiger partial charge in [0.25, 0.3) is 5.91 Å². The molecular formula is C37H27Cl2IN14O2. The van der Waals surface area contributed by atoms with Crippen molar-refractivity contribution in [2.75, 3.05) is 23.9 Å². The molecule has 0 saturated carbocycles. The summed E-state index contributed by atoms with van der Waals surface area (Å²) in [4.78, 5) is 37.9. The summed E-state index contributed by atoms with van der Waals surface area (Å²) in [6, 6.07) is 22.0. The van der Waals surface area contributed by atoms with Gasteiger partial charge in [-0.25, -0.2) is 39.3 Å². The molecule has 0 saturated heterocycles. The van der Waals surface area contributed by atoms with E-state index >= 15 is 0 Å². The zero-order chi connectivity index (χ0) is 39.1. The molecule has 0 aliphatic heterocycles. The lowest BCUT2D eigenvalue weighted by Crippen LogP contribution is -2.16. The zero-order valence-corrected chi connectivity index (χ0v) is 32.9. The number of benzene rings is 2. The number of anilines is 3. The number of aromatic nitrogens is 11. The zero-order valence-electron chi connectivity index (χ0n) is 29.3. The molecule has 278 valence electrons. The highest BCUT2D eigenvalue weighted by Gasteiger charge is 2.21. The van der Waals surface area contributed by atoms with Gasteiger partial charge in [-0.3, -0.25) is 4.79 Å². The minimum absolute atomic E-state index is 0.253. The maximum Gasteiger partial charge on any atom is 0.272 e. The number of para-hydroxylation sites is 1. The van der Waals surface area contributed by atoms with Crippen LogP contribution in [0, 0.1) is 3.70 Å². The molecule has 0 unspecified atom stereocenters. The first-order chi connectivity index (χ1) is 27.1. The van der Waals surface area contributed by atoms with Crippen molar-refractivity contribution in [1.82, 2.24) is 54.0 Å². The number of nitrogens with two attached hydrogens (primary N) is 2. The first kappa shape index (κ1) is 36.5. The van der Waals surface area contributed by atoms with Crippen molar-refractivity contribution < 1.29 is 9.53 Å². The van der Waals surface area contributed by atoms with Crippen molar-refractivity contribution in [3.63, 3.8) is 0 Å². The fourth-order valence-electron chi connectivity index (χ4n) is 6.15. The Morgan fingerprint density at radius 2 is 1.39 bits per heavy atom. The van der Waals surface area contributed by atoms with Gasteiger partial charge in [-0.2, -0.15) is 10.2 Å². The van der Waals surface area contributed by atoms with Crippen LogP contribution < -0.4 is 21.5 Å². The van der Waals surface area contributed by atoms with Crippen LogP contribution in [-0.4, -0.2) is 67.0 Å². The Labute approximate surface area is 340 Å². The second kappa shape index (κ2) is 15.0. The van der Waals surface area contributed by atoms with Gasteiger partial charge < -0.3 is 26.1 Å². The van der Waals surface area contributed by atoms with Gasteiger partial charge in [-0.1, -0.05) is 47.5 Å². The molecule has 16 nitrogen and oxygen atoms in total. The molecule has 7 heterocycles. The molecule has 19 heteroatoms. The number of carbonyl (C=O) groups excluding carboxylic acids is 1. The molecule has 56 heavy (non-hydrogen) atoms. The second-order valence-electron chi connectivity index (χ2n) is 12.1. The number of hydrogen-bond donors (Lipinski definition) is 3. The van der Waals surface area contributed by atoms with Crippen LogP contribution in [0.5, 0.6) is 5.75 Å². The summed E-state index contributed by atoms with van der Waals surface area (Å²) >= 11 is 14.1. The third-order valence-electron chi connectivity index (χ3n) is 8.76. The lowest BCUT2D eigenvalue weighted by Gasteiger charge is -2.12. The molecule has 0 bridgehead atoms. The van der Waals surface area contributed by atoms with Crippen LogP contribution in [0.25, 0.3) is 55.6 Å². The van der Waals surface area contributed by atoms with Gasteiger partial charge in [-0.15, -0.1) is 0 Å². The topological polar surface area (TPSA) is 208 Å². The van der Waals surface area contributed by atoms with Crippen LogP contribution in [0.2, 0.25) is 10.3 Å². The normalized spacial score (nSPS) is 11.2. The van der Waals surface area contributed by atoms with Crippen molar-refractivity contribution in [3.05, 3.63) is 118 Å². The number of halogens is 3. The van der Waals surface area contributed by atoms with Crippen LogP contribution in [-0.2, 0) is 7.05 Å². The largest absolute Gasteiger partial charge is 0.495 e. The summed E-state index contributed by atoms with van der Waals surface area (Å²) < 4.78 is 11.5. The van der Waals surface area contributed by atoms with Gasteiger partial charge in [0, 0.05) is 48.0 Å². The smallest absolute Gasteiger partial charge is 0.272 e. The molecule has 2 aromatic carbocycles. The van der Waals surface area contributed by atoms with Crippen molar-refractivity contribution in [3.8, 4) is 28.4 Å². The van der Waals surface area contributed by atoms with Crippen LogP contribution in [0.3, 0.4) is 0 Å². The van der Waals surface area contributed by atoms with E-state index in [4.69, 9.17) is 44.5 Å². The Morgan fingerprint density at radius 3 is 2.04 bits per heavy atom. The molecule has 1 amide bonds. The van der Waals surface area contributed by atoms with E-state index in [1.54, 1.807) is 65.3 Å². The van der Waals surface area contributed by atoms with Crippen LogP contribution >= 0.6 is 45.8 Å². The van der Waals surface area contributed by atoms with Gasteiger partial charge in [0.15, 0.2) is 11.3 Å². The quantitative estimate of drug-likeness (QED) is 0.115. The standard InChI is InChI=1S/C27H21ClN8O2.C10H6ClIN6/c1-35-19-6-4-3-5-15(19)11-20(35)27(37)33-18-8-7-16(12-21(18)38-2)24-23-25(29)31-14-32-26(23)36(34-24)17-9-10-30-22(28)13-17;11-6-3-5(1-2-14-6)18-10-7(8(12)17-18)9(13)15-4-16-10/h3-14H,1-2H3,(H,33,37)(H2,29,31,32);1-4H,(H2,13,15,16). The molecule has 7 aromatic heterocycles. The number of hydrogen-bond acceptors (Lipinski definition) is 12. The molecular weight excluding hydrogens is 870 g/mol. The van der Waals surface area contributed by atoms with Crippen LogP contribution in [0.4, 0.5) is 17.3 Å². The average molecular weight is 898 g/mol. The number of nitrogens with zero attached hydrogens (tertiary/aromatic N) is 11.